The zero-order valence-electron chi connectivity index (χ0n) is 10.5. The summed E-state index contributed by atoms with van der Waals surface area (Å²) >= 11 is 0. The van der Waals surface area contributed by atoms with Gasteiger partial charge >= 0.3 is 5.97 Å². The van der Waals surface area contributed by atoms with Crippen molar-refractivity contribution in [3.8, 4) is 5.75 Å². The summed E-state index contributed by atoms with van der Waals surface area (Å²) < 4.78 is 10.4. The first-order valence-corrected chi connectivity index (χ1v) is 5.85. The first kappa shape index (κ1) is 14.3. The molecule has 4 heteroatoms. The molecule has 1 N–H and O–H groups in total. The number of ether oxygens (including phenoxy) is 2. The topological polar surface area (TPSA) is 55.8 Å². The van der Waals surface area contributed by atoms with Gasteiger partial charge in [-0.05, 0) is 24.1 Å². The number of carbonyl (C=O) groups excluding carboxylic acids is 1. The molecule has 1 atom stereocenters. The average molecular weight is 250 g/mol. The molecule has 0 aliphatic heterocycles. The molecule has 0 saturated heterocycles. The van der Waals surface area contributed by atoms with Gasteiger partial charge in [-0.1, -0.05) is 25.6 Å². The van der Waals surface area contributed by atoms with Gasteiger partial charge in [-0.15, -0.1) is 0 Å². The third kappa shape index (κ3) is 4.59. The molecular weight excluding hydrogens is 232 g/mol. The molecule has 18 heavy (non-hydrogen) atoms. The van der Waals surface area contributed by atoms with E-state index in [0.29, 0.717) is 5.75 Å². The summed E-state index contributed by atoms with van der Waals surface area (Å²) in [7, 11) is 0. The number of hydrogen-bond donors (Lipinski definition) is 1. The van der Waals surface area contributed by atoms with Crippen molar-refractivity contribution >= 4 is 5.97 Å². The van der Waals surface area contributed by atoms with Crippen LogP contribution < -0.4 is 4.74 Å². The van der Waals surface area contributed by atoms with Crippen LogP contribution in [0.25, 0.3) is 0 Å². The van der Waals surface area contributed by atoms with Gasteiger partial charge in [-0.3, -0.25) is 0 Å². The highest BCUT2D eigenvalue weighted by Crippen LogP contribution is 2.14. The highest BCUT2D eigenvalue weighted by Gasteiger charge is 2.12. The number of aliphatic hydroxyl groups is 1. The van der Waals surface area contributed by atoms with Crippen LogP contribution in [0.1, 0.15) is 12.5 Å². The second-order valence-electron chi connectivity index (χ2n) is 3.76. The Morgan fingerprint density at radius 3 is 2.94 bits per heavy atom. The van der Waals surface area contributed by atoms with E-state index >= 15 is 0 Å². The molecule has 98 valence electrons. The highest BCUT2D eigenvalue weighted by molar-refractivity contribution is 5.81. The minimum absolute atomic E-state index is 0.114. The first-order valence-electron chi connectivity index (χ1n) is 5.85. The number of aryl methyl sites for hydroxylation is 1. The third-order valence-electron chi connectivity index (χ3n) is 2.40. The zero-order valence-corrected chi connectivity index (χ0v) is 10.5. The molecule has 0 amide bonds. The largest absolute Gasteiger partial charge is 0.490 e. The molecule has 0 fully saturated rings. The lowest BCUT2D eigenvalue weighted by Gasteiger charge is -2.15. The van der Waals surface area contributed by atoms with E-state index < -0.39 is 12.1 Å². The summed E-state index contributed by atoms with van der Waals surface area (Å²) in [5, 5.41) is 9.06. The monoisotopic (exact) mass is 250 g/mol. The fourth-order valence-electron chi connectivity index (χ4n) is 1.38. The van der Waals surface area contributed by atoms with E-state index in [1.807, 2.05) is 24.3 Å². The van der Waals surface area contributed by atoms with Crippen molar-refractivity contribution in [3.05, 3.63) is 42.5 Å². The van der Waals surface area contributed by atoms with Crippen LogP contribution in [0.4, 0.5) is 0 Å². The number of carbonyl (C=O) groups is 1. The number of rotatable bonds is 7. The second kappa shape index (κ2) is 7.50. The van der Waals surface area contributed by atoms with Gasteiger partial charge in [0.15, 0.2) is 6.10 Å². The van der Waals surface area contributed by atoms with Gasteiger partial charge < -0.3 is 14.6 Å². The van der Waals surface area contributed by atoms with Gasteiger partial charge in [0, 0.05) is 6.08 Å². The number of benzene rings is 1. The molecule has 0 saturated carbocycles. The Kier molecular flexibility index (Phi) is 5.94. The van der Waals surface area contributed by atoms with Gasteiger partial charge in [0.05, 0.1) is 6.61 Å². The Bertz CT molecular complexity index is 401. The van der Waals surface area contributed by atoms with Gasteiger partial charge in [-0.25, -0.2) is 4.79 Å². The summed E-state index contributed by atoms with van der Waals surface area (Å²) in [6.45, 7) is 5.18. The molecule has 0 aromatic heterocycles. The van der Waals surface area contributed by atoms with Crippen LogP contribution in [-0.2, 0) is 16.0 Å². The van der Waals surface area contributed by atoms with E-state index in [-0.39, 0.29) is 13.2 Å². The molecule has 0 radical (unpaired) electrons. The lowest BCUT2D eigenvalue weighted by Crippen LogP contribution is -2.27. The summed E-state index contributed by atoms with van der Waals surface area (Å²) in [6.07, 6.45) is 1.30. The smallest absolute Gasteiger partial charge is 0.330 e. The molecule has 0 aliphatic carbocycles. The molecule has 0 heterocycles. The lowest BCUT2D eigenvalue weighted by atomic mass is 10.2. The van der Waals surface area contributed by atoms with Crippen molar-refractivity contribution in [3.63, 3.8) is 0 Å². The van der Waals surface area contributed by atoms with Crippen LogP contribution in [0, 0.1) is 0 Å². The fraction of sp³-hybridized carbons (Fsp3) is 0.357. The van der Waals surface area contributed by atoms with Crippen LogP contribution in [0.2, 0.25) is 0 Å². The standard InChI is InChI=1S/C14H18O4/c1-3-11-6-5-7-12(8-11)17-10-13(9-15)18-14(16)4-2/h4-8,13,15H,2-3,9-10H2,1H3. The minimum atomic E-state index is -0.680. The van der Waals surface area contributed by atoms with E-state index in [9.17, 15) is 4.79 Å². The van der Waals surface area contributed by atoms with Crippen molar-refractivity contribution in [1.29, 1.82) is 0 Å². The molecule has 4 nitrogen and oxygen atoms in total. The quantitative estimate of drug-likeness (QED) is 0.591. The number of aliphatic hydroxyl groups excluding tert-OH is 1. The van der Waals surface area contributed by atoms with Crippen LogP contribution in [-0.4, -0.2) is 30.4 Å². The Morgan fingerprint density at radius 1 is 1.56 bits per heavy atom. The van der Waals surface area contributed by atoms with Crippen molar-refractivity contribution in [2.45, 2.75) is 19.4 Å². The van der Waals surface area contributed by atoms with E-state index in [4.69, 9.17) is 14.6 Å². The molecule has 0 bridgehead atoms. The van der Waals surface area contributed by atoms with Gasteiger partial charge in [0.25, 0.3) is 0 Å². The highest BCUT2D eigenvalue weighted by atomic mass is 16.6. The normalized spacial score (nSPS) is 11.7. The molecule has 1 unspecified atom stereocenters. The molecule has 1 aromatic rings. The van der Waals surface area contributed by atoms with Crippen LogP contribution >= 0.6 is 0 Å². The maximum absolute atomic E-state index is 11.0. The predicted octanol–water partition coefficient (Wildman–Crippen LogP) is 1.72. The van der Waals surface area contributed by atoms with Crippen LogP contribution in [0.3, 0.4) is 0 Å². The van der Waals surface area contributed by atoms with Crippen molar-refractivity contribution < 1.29 is 19.4 Å². The fourth-order valence-corrected chi connectivity index (χ4v) is 1.38. The molecule has 1 rings (SSSR count). The molecule has 1 aromatic carbocycles. The summed E-state index contributed by atoms with van der Waals surface area (Å²) in [5.41, 5.74) is 1.16. The summed E-state index contributed by atoms with van der Waals surface area (Å²) in [6, 6.07) is 7.65. The van der Waals surface area contributed by atoms with E-state index in [1.54, 1.807) is 0 Å². The summed E-state index contributed by atoms with van der Waals surface area (Å²) in [5.74, 6) is 0.127. The van der Waals surface area contributed by atoms with Crippen LogP contribution in [0.15, 0.2) is 36.9 Å². The SMILES string of the molecule is C=CC(=O)OC(CO)COc1cccc(CC)c1. The molecule has 0 spiro atoms. The van der Waals surface area contributed by atoms with Gasteiger partial charge in [0.1, 0.15) is 12.4 Å². The second-order valence-corrected chi connectivity index (χ2v) is 3.76. The number of esters is 1. The Morgan fingerprint density at radius 2 is 2.33 bits per heavy atom. The minimum Gasteiger partial charge on any atom is -0.490 e. The maximum Gasteiger partial charge on any atom is 0.330 e. The third-order valence-corrected chi connectivity index (χ3v) is 2.40. The average Bonchev–Trinajstić information content (AvgIpc) is 2.43. The van der Waals surface area contributed by atoms with E-state index in [0.717, 1.165) is 18.1 Å². The lowest BCUT2D eigenvalue weighted by molar-refractivity contribution is -0.146. The molecule has 0 aliphatic rings. The van der Waals surface area contributed by atoms with Crippen molar-refractivity contribution in [2.75, 3.05) is 13.2 Å². The Hall–Kier alpha value is -1.81. The van der Waals surface area contributed by atoms with Gasteiger partial charge in [-0.2, -0.15) is 0 Å². The Labute approximate surface area is 107 Å². The summed E-state index contributed by atoms with van der Waals surface area (Å²) in [4.78, 5) is 11.0. The van der Waals surface area contributed by atoms with Gasteiger partial charge in [0.2, 0.25) is 0 Å². The zero-order chi connectivity index (χ0) is 13.4. The van der Waals surface area contributed by atoms with Crippen molar-refractivity contribution in [1.82, 2.24) is 0 Å². The maximum atomic E-state index is 11.0. The Balaban J connectivity index is 2.51. The van der Waals surface area contributed by atoms with E-state index in [1.165, 1.54) is 0 Å². The molecular formula is C14H18O4. The van der Waals surface area contributed by atoms with E-state index in [2.05, 4.69) is 13.5 Å². The van der Waals surface area contributed by atoms with Crippen molar-refractivity contribution in [2.24, 2.45) is 0 Å². The van der Waals surface area contributed by atoms with Crippen LogP contribution in [0.5, 0.6) is 5.75 Å². The predicted molar refractivity (Wildman–Crippen MR) is 68.5 cm³/mol. The number of hydrogen-bond acceptors (Lipinski definition) is 4. The first-order chi connectivity index (χ1) is 8.69.